The number of alkyl halides is 1. The second-order valence-electron chi connectivity index (χ2n) is 1.59. The highest BCUT2D eigenvalue weighted by atomic mass is 79.9. The minimum atomic E-state index is 0.508. The molecule has 0 radical (unpaired) electrons. The predicted octanol–water partition coefficient (Wildman–Crippen LogP) is 2.58. The van der Waals surface area contributed by atoms with Crippen molar-refractivity contribution in [2.24, 2.45) is 0 Å². The van der Waals surface area contributed by atoms with Crippen LogP contribution in [0.2, 0.25) is 0 Å². The van der Waals surface area contributed by atoms with Crippen LogP contribution >= 0.6 is 27.5 Å². The summed E-state index contributed by atoms with van der Waals surface area (Å²) < 4.78 is 0.833. The average Bonchev–Trinajstić information content (AvgIpc) is 1.89. The quantitative estimate of drug-likeness (QED) is 0.508. The smallest absolute Gasteiger partial charge is 0.110 e. The Morgan fingerprint density at radius 2 is 2.44 bits per heavy atom. The van der Waals surface area contributed by atoms with Crippen molar-refractivity contribution in [3.63, 3.8) is 0 Å². The van der Waals surface area contributed by atoms with E-state index in [1.807, 2.05) is 12.1 Å². The number of hydrogen-bond donors (Lipinski definition) is 0. The third-order valence-corrected chi connectivity index (χ3v) is 1.98. The lowest BCUT2D eigenvalue weighted by molar-refractivity contribution is 1.20. The molecule has 0 spiro atoms. The molecule has 0 amide bonds. The average molecular weight is 206 g/mol. The molecule has 0 N–H and O–H groups in total. The highest BCUT2D eigenvalue weighted by Crippen LogP contribution is 2.13. The van der Waals surface area contributed by atoms with Crippen LogP contribution in [0.25, 0.3) is 0 Å². The Morgan fingerprint density at radius 1 is 1.67 bits per heavy atom. The van der Waals surface area contributed by atoms with Gasteiger partial charge in [0.05, 0.1) is 5.88 Å². The Hall–Kier alpha value is -0.0800. The van der Waals surface area contributed by atoms with Gasteiger partial charge in [0.2, 0.25) is 0 Å². The molecule has 0 saturated carbocycles. The van der Waals surface area contributed by atoms with E-state index in [4.69, 9.17) is 11.6 Å². The first kappa shape index (κ1) is 7.03. The van der Waals surface area contributed by atoms with Crippen molar-refractivity contribution in [1.82, 2.24) is 4.98 Å². The van der Waals surface area contributed by atoms with Crippen molar-refractivity contribution < 1.29 is 0 Å². The Morgan fingerprint density at radius 3 is 2.89 bits per heavy atom. The van der Waals surface area contributed by atoms with Crippen LogP contribution in [0.4, 0.5) is 0 Å². The highest BCUT2D eigenvalue weighted by molar-refractivity contribution is 9.10. The van der Waals surface area contributed by atoms with Crippen LogP contribution in [0.5, 0.6) is 0 Å². The molecule has 1 aromatic heterocycles. The molecule has 1 aromatic rings. The van der Waals surface area contributed by atoms with Crippen molar-refractivity contribution in [3.8, 4) is 0 Å². The fraction of sp³-hybridized carbons (Fsp3) is 0.167. The third kappa shape index (κ3) is 1.66. The van der Waals surface area contributed by atoms with Crippen molar-refractivity contribution in [1.29, 1.82) is 0 Å². The van der Waals surface area contributed by atoms with Crippen LogP contribution < -0.4 is 0 Å². The molecule has 1 heterocycles. The van der Waals surface area contributed by atoms with Gasteiger partial charge in [-0.3, -0.25) is 0 Å². The van der Waals surface area contributed by atoms with Crippen molar-refractivity contribution in [3.05, 3.63) is 28.5 Å². The topological polar surface area (TPSA) is 12.9 Å². The Kier molecular flexibility index (Phi) is 2.49. The molecule has 1 rings (SSSR count). The van der Waals surface area contributed by atoms with E-state index in [-0.39, 0.29) is 0 Å². The number of halogens is 2. The fourth-order valence-electron chi connectivity index (χ4n) is 0.519. The van der Waals surface area contributed by atoms with Crippen molar-refractivity contribution >= 4 is 27.5 Å². The first-order valence-corrected chi connectivity index (χ1v) is 3.82. The zero-order valence-corrected chi connectivity index (χ0v) is 6.98. The van der Waals surface area contributed by atoms with E-state index in [0.29, 0.717) is 5.88 Å². The molecule has 9 heavy (non-hydrogen) atoms. The molecule has 0 atom stereocenters. The molecule has 0 aliphatic rings. The largest absolute Gasteiger partial charge is 0.249 e. The van der Waals surface area contributed by atoms with Gasteiger partial charge in [0, 0.05) is 6.20 Å². The molecule has 0 aliphatic carbocycles. The highest BCUT2D eigenvalue weighted by Gasteiger charge is 1.94. The number of aromatic nitrogens is 1. The molecule has 0 bridgehead atoms. The van der Waals surface area contributed by atoms with Crippen molar-refractivity contribution in [2.45, 2.75) is 5.88 Å². The summed E-state index contributed by atoms with van der Waals surface area (Å²) >= 11 is 8.82. The van der Waals surface area contributed by atoms with Gasteiger partial charge in [-0.15, -0.1) is 11.6 Å². The number of nitrogens with zero attached hydrogens (tertiary/aromatic N) is 1. The van der Waals surface area contributed by atoms with E-state index in [0.717, 1.165) is 10.2 Å². The summed E-state index contributed by atoms with van der Waals surface area (Å²) in [7, 11) is 0. The molecular formula is C6H5BrClN. The maximum Gasteiger partial charge on any atom is 0.110 e. The Bertz CT molecular complexity index is 202. The summed E-state index contributed by atoms with van der Waals surface area (Å²) in [6.45, 7) is 0. The lowest BCUT2D eigenvalue weighted by Gasteiger charge is -1.94. The van der Waals surface area contributed by atoms with Gasteiger partial charge in [0.1, 0.15) is 4.60 Å². The van der Waals surface area contributed by atoms with E-state index >= 15 is 0 Å². The van der Waals surface area contributed by atoms with Gasteiger partial charge in [-0.1, -0.05) is 6.07 Å². The van der Waals surface area contributed by atoms with Crippen LogP contribution in [-0.4, -0.2) is 4.98 Å². The van der Waals surface area contributed by atoms with Crippen LogP contribution in [0.3, 0.4) is 0 Å². The molecule has 48 valence electrons. The summed E-state index contributed by atoms with van der Waals surface area (Å²) in [5.41, 5.74) is 1.03. The van der Waals surface area contributed by atoms with Crippen LogP contribution in [0.15, 0.2) is 22.9 Å². The second-order valence-corrected chi connectivity index (χ2v) is 2.61. The minimum absolute atomic E-state index is 0.508. The van der Waals surface area contributed by atoms with E-state index in [2.05, 4.69) is 20.9 Å². The monoisotopic (exact) mass is 205 g/mol. The summed E-state index contributed by atoms with van der Waals surface area (Å²) in [6, 6.07) is 3.80. The zero-order chi connectivity index (χ0) is 6.69. The second kappa shape index (κ2) is 3.18. The lowest BCUT2D eigenvalue weighted by Crippen LogP contribution is -1.81. The summed E-state index contributed by atoms with van der Waals surface area (Å²) in [4.78, 5) is 3.98. The number of rotatable bonds is 1. The molecule has 0 fully saturated rings. The summed E-state index contributed by atoms with van der Waals surface area (Å²) in [6.07, 6.45) is 1.72. The van der Waals surface area contributed by atoms with Crippen LogP contribution in [0.1, 0.15) is 5.56 Å². The van der Waals surface area contributed by atoms with Crippen LogP contribution in [-0.2, 0) is 5.88 Å². The van der Waals surface area contributed by atoms with Gasteiger partial charge in [-0.2, -0.15) is 0 Å². The van der Waals surface area contributed by atoms with Gasteiger partial charge >= 0.3 is 0 Å². The normalized spacial score (nSPS) is 9.56. The fourth-order valence-corrected chi connectivity index (χ4v) is 1.29. The first-order chi connectivity index (χ1) is 4.34. The third-order valence-electron chi connectivity index (χ3n) is 0.980. The maximum absolute atomic E-state index is 5.56. The van der Waals surface area contributed by atoms with Gasteiger partial charge in [0.15, 0.2) is 0 Å². The summed E-state index contributed by atoms with van der Waals surface area (Å²) in [5.74, 6) is 0.508. The zero-order valence-electron chi connectivity index (χ0n) is 4.64. The molecule has 0 aromatic carbocycles. The van der Waals surface area contributed by atoms with Gasteiger partial charge in [-0.05, 0) is 27.6 Å². The number of hydrogen-bond acceptors (Lipinski definition) is 1. The molecule has 0 unspecified atom stereocenters. The van der Waals surface area contributed by atoms with E-state index in [9.17, 15) is 0 Å². The van der Waals surface area contributed by atoms with Gasteiger partial charge in [-0.25, -0.2) is 4.98 Å². The predicted molar refractivity (Wildman–Crippen MR) is 41.5 cm³/mol. The SMILES string of the molecule is ClCc1cccnc1Br. The number of pyridine rings is 1. The van der Waals surface area contributed by atoms with E-state index in [1.54, 1.807) is 6.20 Å². The summed E-state index contributed by atoms with van der Waals surface area (Å²) in [5, 5.41) is 0. The lowest BCUT2D eigenvalue weighted by atomic mass is 10.3. The van der Waals surface area contributed by atoms with Gasteiger partial charge < -0.3 is 0 Å². The minimum Gasteiger partial charge on any atom is -0.249 e. The molecular weight excluding hydrogens is 201 g/mol. The standard InChI is InChI=1S/C6H5BrClN/c7-6-5(4-8)2-1-3-9-6/h1-3H,4H2. The maximum atomic E-state index is 5.56. The van der Waals surface area contributed by atoms with Crippen molar-refractivity contribution in [2.75, 3.05) is 0 Å². The molecule has 0 aliphatic heterocycles. The van der Waals surface area contributed by atoms with E-state index in [1.165, 1.54) is 0 Å². The van der Waals surface area contributed by atoms with E-state index < -0.39 is 0 Å². The Labute approximate surface area is 67.2 Å². The molecule has 3 heteroatoms. The van der Waals surface area contributed by atoms with Crippen LogP contribution in [0, 0.1) is 0 Å². The molecule has 0 saturated heterocycles. The van der Waals surface area contributed by atoms with Gasteiger partial charge in [0.25, 0.3) is 0 Å². The first-order valence-electron chi connectivity index (χ1n) is 2.50. The Balaban J connectivity index is 3.01. The molecule has 1 nitrogen and oxygen atoms in total.